The lowest BCUT2D eigenvalue weighted by molar-refractivity contribution is 0.475. The average molecular weight is 278 g/mol. The highest BCUT2D eigenvalue weighted by Gasteiger charge is 2.37. The van der Waals surface area contributed by atoms with Crippen molar-refractivity contribution in [3.63, 3.8) is 0 Å². The van der Waals surface area contributed by atoms with E-state index in [4.69, 9.17) is 0 Å². The Balaban J connectivity index is 2.04. The van der Waals surface area contributed by atoms with Gasteiger partial charge in [0.2, 0.25) is 0 Å². The number of aryl methyl sites for hydroxylation is 1. The number of aromatic nitrogens is 2. The number of aromatic hydroxyl groups is 1. The summed E-state index contributed by atoms with van der Waals surface area (Å²) in [7, 11) is -3.33. The highest BCUT2D eigenvalue weighted by atomic mass is 32.2. The fraction of sp³-hybridized carbons (Fsp3) is 0.308. The molecule has 1 aliphatic carbocycles. The molecule has 1 aromatic heterocycles. The van der Waals surface area contributed by atoms with Gasteiger partial charge in [0.1, 0.15) is 5.75 Å². The number of phenolic OH excluding ortho intramolecular Hbond substituents is 1. The largest absolute Gasteiger partial charge is 0.508 e. The van der Waals surface area contributed by atoms with Crippen LogP contribution in [-0.4, -0.2) is 28.0 Å². The zero-order valence-electron chi connectivity index (χ0n) is 10.4. The Kier molecular flexibility index (Phi) is 2.63. The quantitative estimate of drug-likeness (QED) is 0.930. The van der Waals surface area contributed by atoms with Crippen LogP contribution in [0.1, 0.15) is 18.4 Å². The molecule has 0 radical (unpaired) electrons. The first-order valence-electron chi connectivity index (χ1n) is 6.07. The summed E-state index contributed by atoms with van der Waals surface area (Å²) in [6.07, 6.45) is 4.45. The highest BCUT2D eigenvalue weighted by molar-refractivity contribution is 7.90. The summed E-state index contributed by atoms with van der Waals surface area (Å²) in [6.45, 7) is 1.90. The van der Waals surface area contributed by atoms with Crippen LogP contribution in [0.5, 0.6) is 5.75 Å². The molecule has 1 N–H and O–H groups in total. The van der Waals surface area contributed by atoms with Gasteiger partial charge in [-0.3, -0.25) is 0 Å². The van der Waals surface area contributed by atoms with E-state index in [-0.39, 0.29) is 11.0 Å². The lowest BCUT2D eigenvalue weighted by atomic mass is 10.0. The van der Waals surface area contributed by atoms with Crippen molar-refractivity contribution in [2.45, 2.75) is 25.0 Å². The van der Waals surface area contributed by atoms with Crippen molar-refractivity contribution in [3.05, 3.63) is 36.2 Å². The second-order valence-corrected chi connectivity index (χ2v) is 6.92. The van der Waals surface area contributed by atoms with E-state index >= 15 is 0 Å². The van der Waals surface area contributed by atoms with Crippen LogP contribution in [-0.2, 0) is 10.0 Å². The molecule has 0 aliphatic heterocycles. The number of phenols is 1. The third kappa shape index (κ3) is 2.12. The van der Waals surface area contributed by atoms with Gasteiger partial charge in [-0.2, -0.15) is 9.19 Å². The number of nitrogens with zero attached hydrogens (tertiary/aromatic N) is 2. The first-order chi connectivity index (χ1) is 8.98. The minimum atomic E-state index is -3.33. The maximum absolute atomic E-state index is 12.0. The maximum atomic E-state index is 12.0. The van der Waals surface area contributed by atoms with Gasteiger partial charge < -0.3 is 5.11 Å². The first-order valence-corrected chi connectivity index (χ1v) is 7.58. The first kappa shape index (κ1) is 12.2. The molecular weight excluding hydrogens is 264 g/mol. The van der Waals surface area contributed by atoms with Crippen molar-refractivity contribution in [1.29, 1.82) is 0 Å². The van der Waals surface area contributed by atoms with E-state index < -0.39 is 10.0 Å². The number of hydrogen-bond acceptors (Lipinski definition) is 4. The van der Waals surface area contributed by atoms with Crippen LogP contribution in [0.25, 0.3) is 11.1 Å². The van der Waals surface area contributed by atoms with E-state index in [0.29, 0.717) is 18.4 Å². The molecule has 6 heteroatoms. The summed E-state index contributed by atoms with van der Waals surface area (Å²) in [5.74, 6) is 0.151. The summed E-state index contributed by atoms with van der Waals surface area (Å²) in [5.41, 5.74) is 2.44. The molecule has 100 valence electrons. The molecule has 0 amide bonds. The molecule has 1 aromatic carbocycles. The second-order valence-electron chi connectivity index (χ2n) is 4.85. The van der Waals surface area contributed by atoms with E-state index in [9.17, 15) is 13.5 Å². The zero-order chi connectivity index (χ0) is 13.6. The van der Waals surface area contributed by atoms with E-state index in [2.05, 4.69) is 5.10 Å². The van der Waals surface area contributed by atoms with Crippen molar-refractivity contribution in [3.8, 4) is 16.9 Å². The van der Waals surface area contributed by atoms with Gasteiger partial charge in [-0.05, 0) is 43.0 Å². The van der Waals surface area contributed by atoms with Crippen molar-refractivity contribution < 1.29 is 13.5 Å². The molecule has 1 fully saturated rings. The van der Waals surface area contributed by atoms with Crippen LogP contribution in [0.15, 0.2) is 30.6 Å². The van der Waals surface area contributed by atoms with Gasteiger partial charge in [0, 0.05) is 5.56 Å². The van der Waals surface area contributed by atoms with Gasteiger partial charge >= 0.3 is 0 Å². The van der Waals surface area contributed by atoms with E-state index in [1.165, 1.54) is 12.4 Å². The number of benzene rings is 1. The highest BCUT2D eigenvalue weighted by Crippen LogP contribution is 2.31. The lowest BCUT2D eigenvalue weighted by Crippen LogP contribution is -2.17. The Labute approximate surface area is 111 Å². The average Bonchev–Trinajstić information content (AvgIpc) is 3.11. The van der Waals surface area contributed by atoms with E-state index in [1.54, 1.807) is 18.2 Å². The molecule has 5 nitrogen and oxygen atoms in total. The van der Waals surface area contributed by atoms with Crippen molar-refractivity contribution in [1.82, 2.24) is 9.19 Å². The topological polar surface area (TPSA) is 72.2 Å². The number of hydrogen-bond donors (Lipinski definition) is 1. The molecule has 3 rings (SSSR count). The van der Waals surface area contributed by atoms with Crippen molar-refractivity contribution in [2.24, 2.45) is 0 Å². The predicted molar refractivity (Wildman–Crippen MR) is 71.4 cm³/mol. The van der Waals surface area contributed by atoms with Gasteiger partial charge in [-0.25, -0.2) is 8.42 Å². The molecule has 2 aromatic rings. The van der Waals surface area contributed by atoms with Crippen LogP contribution < -0.4 is 0 Å². The SMILES string of the molecule is Cc1ccc(O)cc1-c1cnn(S(=O)(=O)C2CC2)c1. The zero-order valence-corrected chi connectivity index (χ0v) is 11.3. The Morgan fingerprint density at radius 3 is 2.79 bits per heavy atom. The van der Waals surface area contributed by atoms with Gasteiger partial charge in [-0.1, -0.05) is 6.07 Å². The van der Waals surface area contributed by atoms with Gasteiger partial charge in [0.15, 0.2) is 0 Å². The molecule has 1 aliphatic rings. The minimum Gasteiger partial charge on any atom is -0.508 e. The molecule has 0 unspecified atom stereocenters. The molecule has 0 saturated heterocycles. The van der Waals surface area contributed by atoms with Crippen LogP contribution >= 0.6 is 0 Å². The summed E-state index contributed by atoms with van der Waals surface area (Å²) in [6, 6.07) is 5.00. The summed E-state index contributed by atoms with van der Waals surface area (Å²) < 4.78 is 25.1. The van der Waals surface area contributed by atoms with Crippen LogP contribution in [0.4, 0.5) is 0 Å². The number of rotatable bonds is 3. The summed E-state index contributed by atoms with van der Waals surface area (Å²) >= 11 is 0. The molecule has 0 spiro atoms. The summed E-state index contributed by atoms with van der Waals surface area (Å²) in [4.78, 5) is 0. The Bertz CT molecular complexity index is 730. The van der Waals surface area contributed by atoms with Crippen LogP contribution in [0.2, 0.25) is 0 Å². The Morgan fingerprint density at radius 1 is 1.37 bits per heavy atom. The molecule has 1 saturated carbocycles. The Morgan fingerprint density at radius 2 is 2.11 bits per heavy atom. The molecular formula is C13H14N2O3S. The van der Waals surface area contributed by atoms with Gasteiger partial charge in [-0.15, -0.1) is 0 Å². The molecule has 19 heavy (non-hydrogen) atoms. The van der Waals surface area contributed by atoms with Gasteiger partial charge in [0.05, 0.1) is 17.6 Å². The standard InChI is InChI=1S/C13H14N2O3S/c1-9-2-3-11(16)6-13(9)10-7-14-15(8-10)19(17,18)12-4-5-12/h2-3,6-8,12,16H,4-5H2,1H3. The molecule has 0 bridgehead atoms. The van der Waals surface area contributed by atoms with Crippen LogP contribution in [0.3, 0.4) is 0 Å². The summed E-state index contributed by atoms with van der Waals surface area (Å²) in [5, 5.41) is 13.2. The van der Waals surface area contributed by atoms with E-state index in [1.807, 2.05) is 6.92 Å². The van der Waals surface area contributed by atoms with Crippen molar-refractivity contribution in [2.75, 3.05) is 0 Å². The third-order valence-electron chi connectivity index (χ3n) is 3.30. The molecule has 0 atom stereocenters. The van der Waals surface area contributed by atoms with E-state index in [0.717, 1.165) is 15.2 Å². The fourth-order valence-electron chi connectivity index (χ4n) is 2.02. The Hall–Kier alpha value is -1.82. The normalized spacial score (nSPS) is 15.6. The smallest absolute Gasteiger partial charge is 0.256 e. The predicted octanol–water partition coefficient (Wildman–Crippen LogP) is 1.90. The lowest BCUT2D eigenvalue weighted by Gasteiger charge is -2.04. The van der Waals surface area contributed by atoms with Crippen LogP contribution in [0, 0.1) is 6.92 Å². The second kappa shape index (κ2) is 4.09. The van der Waals surface area contributed by atoms with Gasteiger partial charge in [0.25, 0.3) is 10.0 Å². The van der Waals surface area contributed by atoms with Crippen molar-refractivity contribution >= 4 is 10.0 Å². The maximum Gasteiger partial charge on any atom is 0.256 e. The third-order valence-corrected chi connectivity index (χ3v) is 5.33. The monoisotopic (exact) mass is 278 g/mol. The fourth-order valence-corrected chi connectivity index (χ4v) is 3.50. The minimum absolute atomic E-state index is 0.151. The molecule has 1 heterocycles.